The van der Waals surface area contributed by atoms with Gasteiger partial charge in [-0.25, -0.2) is 8.42 Å². The number of carbonyl (C=O) groups excluding carboxylic acids is 1. The number of aliphatic carboxylic acids is 1. The van der Waals surface area contributed by atoms with E-state index in [1.165, 1.54) is 11.8 Å². The van der Waals surface area contributed by atoms with Gasteiger partial charge >= 0.3 is 5.97 Å². The molecule has 0 aromatic heterocycles. The Hall–Kier alpha value is -1.58. The van der Waals surface area contributed by atoms with Crippen LogP contribution in [0.25, 0.3) is 0 Å². The molecule has 2 aliphatic rings. The lowest BCUT2D eigenvalue weighted by atomic mass is 10.2. The lowest BCUT2D eigenvalue weighted by Crippen LogP contribution is -2.37. The lowest BCUT2D eigenvalue weighted by molar-refractivity contribution is -0.137. The molecule has 0 aliphatic carbocycles. The third-order valence-electron chi connectivity index (χ3n) is 4.17. The van der Waals surface area contributed by atoms with Gasteiger partial charge in [0.05, 0.1) is 17.5 Å². The fourth-order valence-electron chi connectivity index (χ4n) is 3.02. The number of hydrogen-bond donors (Lipinski definition) is 1. The second kappa shape index (κ2) is 7.58. The Bertz CT molecular complexity index is 854. The normalized spacial score (nSPS) is 25.4. The van der Waals surface area contributed by atoms with Gasteiger partial charge in [0.2, 0.25) is 5.91 Å². The van der Waals surface area contributed by atoms with E-state index in [1.807, 2.05) is 0 Å². The molecule has 1 aromatic rings. The minimum Gasteiger partial charge on any atom is -0.481 e. The fourth-order valence-corrected chi connectivity index (χ4v) is 7.08. The SMILES string of the molecule is O=C(O)CCCC(=O)N=C1S[C@@H]2CS(=O)(=O)C[C@H]2N1c1ccc(Cl)cc1. The first kappa shape index (κ1) is 19.2. The summed E-state index contributed by atoms with van der Waals surface area (Å²) in [5.41, 5.74) is 0.726. The number of hydrogen-bond acceptors (Lipinski definition) is 5. The molecule has 0 radical (unpaired) electrons. The van der Waals surface area contributed by atoms with Gasteiger partial charge in [0.1, 0.15) is 0 Å². The number of sulfone groups is 1. The van der Waals surface area contributed by atoms with Gasteiger partial charge in [-0.2, -0.15) is 4.99 Å². The van der Waals surface area contributed by atoms with Crippen molar-refractivity contribution >= 4 is 55.9 Å². The van der Waals surface area contributed by atoms with Crippen molar-refractivity contribution in [3.8, 4) is 0 Å². The molecule has 0 spiro atoms. The van der Waals surface area contributed by atoms with Crippen LogP contribution < -0.4 is 4.90 Å². The molecule has 7 nitrogen and oxygen atoms in total. The van der Waals surface area contributed by atoms with Crippen LogP contribution in [-0.2, 0) is 19.4 Å². The summed E-state index contributed by atoms with van der Waals surface area (Å²) in [6.45, 7) is 0. The molecule has 0 saturated carbocycles. The number of carboxylic acid groups (broad SMARTS) is 1. The highest BCUT2D eigenvalue weighted by Crippen LogP contribution is 2.41. The zero-order valence-electron chi connectivity index (χ0n) is 13.7. The van der Waals surface area contributed by atoms with Crippen LogP contribution in [0.4, 0.5) is 5.69 Å². The first-order valence-corrected chi connectivity index (χ1v) is 11.1. The lowest BCUT2D eigenvalue weighted by Gasteiger charge is -2.24. The van der Waals surface area contributed by atoms with Crippen LogP contribution in [0, 0.1) is 0 Å². The van der Waals surface area contributed by atoms with Crippen LogP contribution in [0.3, 0.4) is 0 Å². The standard InChI is InChI=1S/C16H17ClN2O5S2/c17-10-4-6-11(7-5-10)19-12-8-26(23,24)9-13(12)25-16(19)18-14(20)2-1-3-15(21)22/h4-7,12-13H,1-3,8-9H2,(H,21,22)/t12-,13-/m1/s1. The van der Waals surface area contributed by atoms with Crippen molar-refractivity contribution in [1.29, 1.82) is 0 Å². The Balaban J connectivity index is 1.84. The van der Waals surface area contributed by atoms with Gasteiger partial charge < -0.3 is 10.0 Å². The van der Waals surface area contributed by atoms with Gasteiger partial charge in [-0.15, -0.1) is 0 Å². The Labute approximate surface area is 160 Å². The molecule has 1 amide bonds. The van der Waals surface area contributed by atoms with E-state index in [0.29, 0.717) is 10.2 Å². The molecule has 10 heteroatoms. The largest absolute Gasteiger partial charge is 0.481 e. The maximum atomic E-state index is 12.1. The van der Waals surface area contributed by atoms with Gasteiger partial charge in [-0.3, -0.25) is 9.59 Å². The summed E-state index contributed by atoms with van der Waals surface area (Å²) in [5.74, 6) is -1.29. The molecule has 2 saturated heterocycles. The highest BCUT2D eigenvalue weighted by molar-refractivity contribution is 8.16. The number of aliphatic imine (C=N–C) groups is 1. The maximum Gasteiger partial charge on any atom is 0.303 e. The monoisotopic (exact) mass is 416 g/mol. The molecule has 1 N–H and O–H groups in total. The Kier molecular flexibility index (Phi) is 5.59. The molecule has 26 heavy (non-hydrogen) atoms. The summed E-state index contributed by atoms with van der Waals surface area (Å²) in [6, 6.07) is 6.65. The van der Waals surface area contributed by atoms with Crippen LogP contribution in [0.15, 0.2) is 29.3 Å². The zero-order valence-corrected chi connectivity index (χ0v) is 16.1. The average molecular weight is 417 g/mol. The van der Waals surface area contributed by atoms with E-state index in [9.17, 15) is 18.0 Å². The van der Waals surface area contributed by atoms with Crippen molar-refractivity contribution in [3.63, 3.8) is 0 Å². The summed E-state index contributed by atoms with van der Waals surface area (Å²) >= 11 is 7.21. The third kappa shape index (κ3) is 4.39. The van der Waals surface area contributed by atoms with Crippen molar-refractivity contribution in [2.45, 2.75) is 30.6 Å². The Morgan fingerprint density at radius 1 is 1.23 bits per heavy atom. The summed E-state index contributed by atoms with van der Waals surface area (Å²) in [7, 11) is -3.12. The van der Waals surface area contributed by atoms with Crippen LogP contribution in [-0.4, -0.2) is 53.4 Å². The van der Waals surface area contributed by atoms with Gasteiger partial charge in [-0.05, 0) is 30.7 Å². The number of carboxylic acids is 1. The molecule has 0 unspecified atom stereocenters. The van der Waals surface area contributed by atoms with E-state index in [-0.39, 0.29) is 42.1 Å². The topological polar surface area (TPSA) is 104 Å². The first-order valence-electron chi connectivity index (χ1n) is 8.00. The van der Waals surface area contributed by atoms with Crippen LogP contribution in [0.2, 0.25) is 5.02 Å². The van der Waals surface area contributed by atoms with E-state index in [0.717, 1.165) is 5.69 Å². The number of carbonyl (C=O) groups is 2. The van der Waals surface area contributed by atoms with E-state index in [2.05, 4.69) is 4.99 Å². The molecule has 140 valence electrons. The van der Waals surface area contributed by atoms with Gasteiger partial charge in [0.15, 0.2) is 15.0 Å². The number of amides is 1. The molecule has 0 bridgehead atoms. The average Bonchev–Trinajstić information content (AvgIpc) is 2.99. The van der Waals surface area contributed by atoms with Crippen molar-refractivity contribution < 1.29 is 23.1 Å². The van der Waals surface area contributed by atoms with E-state index in [1.54, 1.807) is 29.2 Å². The van der Waals surface area contributed by atoms with Gasteiger partial charge in [-0.1, -0.05) is 23.4 Å². The van der Waals surface area contributed by atoms with E-state index in [4.69, 9.17) is 16.7 Å². The van der Waals surface area contributed by atoms with E-state index >= 15 is 0 Å². The number of halogens is 1. The molecule has 3 rings (SSSR count). The summed E-state index contributed by atoms with van der Waals surface area (Å²) in [4.78, 5) is 28.6. The molecule has 2 fully saturated rings. The van der Waals surface area contributed by atoms with Crippen molar-refractivity contribution in [2.75, 3.05) is 16.4 Å². The second-order valence-electron chi connectivity index (χ2n) is 6.18. The second-order valence-corrected chi connectivity index (χ2v) is 9.98. The zero-order chi connectivity index (χ0) is 18.9. The first-order chi connectivity index (χ1) is 12.2. The third-order valence-corrected chi connectivity index (χ3v) is 7.63. The summed E-state index contributed by atoms with van der Waals surface area (Å²) in [6.07, 6.45) is 0.171. The number of anilines is 1. The minimum absolute atomic E-state index is 0.0134. The number of fused-ring (bicyclic) bond motifs is 1. The Morgan fingerprint density at radius 3 is 2.58 bits per heavy atom. The van der Waals surface area contributed by atoms with Crippen molar-refractivity contribution in [3.05, 3.63) is 29.3 Å². The quantitative estimate of drug-likeness (QED) is 0.784. The number of benzene rings is 1. The smallest absolute Gasteiger partial charge is 0.303 e. The highest BCUT2D eigenvalue weighted by Gasteiger charge is 2.49. The fraction of sp³-hybridized carbons (Fsp3) is 0.438. The molecular formula is C16H17ClN2O5S2. The molecule has 1 aromatic carbocycles. The van der Waals surface area contributed by atoms with E-state index < -0.39 is 21.7 Å². The van der Waals surface area contributed by atoms with Crippen molar-refractivity contribution in [1.82, 2.24) is 0 Å². The molecule has 2 heterocycles. The number of thioether (sulfide) groups is 1. The summed E-state index contributed by atoms with van der Waals surface area (Å²) < 4.78 is 24.0. The van der Waals surface area contributed by atoms with Gasteiger partial charge in [0, 0.05) is 28.8 Å². The van der Waals surface area contributed by atoms with Crippen LogP contribution >= 0.6 is 23.4 Å². The van der Waals surface area contributed by atoms with Crippen molar-refractivity contribution in [2.24, 2.45) is 4.99 Å². The number of rotatable bonds is 5. The highest BCUT2D eigenvalue weighted by atomic mass is 35.5. The van der Waals surface area contributed by atoms with Gasteiger partial charge in [0.25, 0.3) is 0 Å². The molecule has 2 atom stereocenters. The summed E-state index contributed by atoms with van der Waals surface area (Å²) in [5, 5.41) is 9.49. The predicted octanol–water partition coefficient (Wildman–Crippen LogP) is 2.20. The molecule has 2 aliphatic heterocycles. The predicted molar refractivity (Wildman–Crippen MR) is 102 cm³/mol. The number of amidine groups is 1. The maximum absolute atomic E-state index is 12.1. The number of nitrogens with zero attached hydrogens (tertiary/aromatic N) is 2. The minimum atomic E-state index is -3.12. The molecular weight excluding hydrogens is 400 g/mol. The van der Waals surface area contributed by atoms with Crippen LogP contribution in [0.1, 0.15) is 19.3 Å². The Morgan fingerprint density at radius 2 is 1.92 bits per heavy atom. The van der Waals surface area contributed by atoms with Crippen LogP contribution in [0.5, 0.6) is 0 Å².